The van der Waals surface area contributed by atoms with Crippen molar-refractivity contribution in [2.45, 2.75) is 39.7 Å². The van der Waals surface area contributed by atoms with Gasteiger partial charge in [0.15, 0.2) is 0 Å². The van der Waals surface area contributed by atoms with Gasteiger partial charge in [0.05, 0.1) is 0 Å². The molecule has 1 N–H and O–H groups in total. The van der Waals surface area contributed by atoms with Crippen molar-refractivity contribution in [2.24, 2.45) is 5.92 Å². The molecule has 0 spiro atoms. The van der Waals surface area contributed by atoms with Crippen LogP contribution in [0.2, 0.25) is 0 Å². The fourth-order valence-corrected chi connectivity index (χ4v) is 1.96. The molecular formula is C11H22N2O. The maximum atomic E-state index is 12.0. The van der Waals surface area contributed by atoms with E-state index in [1.54, 1.807) is 0 Å². The van der Waals surface area contributed by atoms with Crippen LogP contribution in [0.25, 0.3) is 0 Å². The van der Waals surface area contributed by atoms with Crippen LogP contribution >= 0.6 is 0 Å². The summed E-state index contributed by atoms with van der Waals surface area (Å²) >= 11 is 0. The Labute approximate surface area is 86.9 Å². The van der Waals surface area contributed by atoms with E-state index in [2.05, 4.69) is 19.2 Å². The molecule has 1 amide bonds. The lowest BCUT2D eigenvalue weighted by molar-refractivity contribution is -0.136. The molecule has 1 fully saturated rings. The Morgan fingerprint density at radius 2 is 2.29 bits per heavy atom. The van der Waals surface area contributed by atoms with Gasteiger partial charge < -0.3 is 10.2 Å². The molecule has 1 rings (SSSR count). The summed E-state index contributed by atoms with van der Waals surface area (Å²) in [6.07, 6.45) is 2.05. The minimum absolute atomic E-state index is 0.176. The predicted molar refractivity (Wildman–Crippen MR) is 58.1 cm³/mol. The maximum Gasteiger partial charge on any atom is 0.225 e. The van der Waals surface area contributed by atoms with Gasteiger partial charge in [0, 0.05) is 25.0 Å². The summed E-state index contributed by atoms with van der Waals surface area (Å²) in [5.41, 5.74) is 0. The SMILES string of the molecule is CCC(C)C(=O)N(CC)C1CCNC1. The summed E-state index contributed by atoms with van der Waals surface area (Å²) < 4.78 is 0. The Hall–Kier alpha value is -0.570. The van der Waals surface area contributed by atoms with Gasteiger partial charge in [0.2, 0.25) is 5.91 Å². The van der Waals surface area contributed by atoms with Gasteiger partial charge in [-0.1, -0.05) is 13.8 Å². The number of rotatable bonds is 4. The van der Waals surface area contributed by atoms with Crippen molar-refractivity contribution < 1.29 is 4.79 Å². The third kappa shape index (κ3) is 2.47. The second-order valence-corrected chi connectivity index (χ2v) is 4.08. The van der Waals surface area contributed by atoms with Gasteiger partial charge in [0.25, 0.3) is 0 Å². The van der Waals surface area contributed by atoms with Crippen molar-refractivity contribution in [1.29, 1.82) is 0 Å². The highest BCUT2D eigenvalue weighted by molar-refractivity contribution is 5.78. The summed E-state index contributed by atoms with van der Waals surface area (Å²) in [6.45, 7) is 9.02. The van der Waals surface area contributed by atoms with Crippen molar-refractivity contribution in [3.8, 4) is 0 Å². The first-order valence-electron chi connectivity index (χ1n) is 5.71. The van der Waals surface area contributed by atoms with E-state index in [0.717, 1.165) is 32.5 Å². The van der Waals surface area contributed by atoms with Crippen LogP contribution in [-0.2, 0) is 4.79 Å². The Balaban J connectivity index is 2.55. The molecule has 0 saturated carbocycles. The zero-order valence-electron chi connectivity index (χ0n) is 9.55. The van der Waals surface area contributed by atoms with E-state index in [0.29, 0.717) is 11.9 Å². The second kappa shape index (κ2) is 5.35. The highest BCUT2D eigenvalue weighted by Crippen LogP contribution is 2.13. The average Bonchev–Trinajstić information content (AvgIpc) is 2.71. The number of likely N-dealkylation sites (N-methyl/N-ethyl adjacent to an activating group) is 1. The number of nitrogens with one attached hydrogen (secondary N) is 1. The Bertz CT molecular complexity index is 188. The van der Waals surface area contributed by atoms with Crippen LogP contribution in [0.1, 0.15) is 33.6 Å². The van der Waals surface area contributed by atoms with Crippen LogP contribution < -0.4 is 5.32 Å². The van der Waals surface area contributed by atoms with E-state index in [-0.39, 0.29) is 5.92 Å². The number of nitrogens with zero attached hydrogens (tertiary/aromatic N) is 1. The smallest absolute Gasteiger partial charge is 0.225 e. The number of amides is 1. The predicted octanol–water partition coefficient (Wildman–Crippen LogP) is 1.24. The molecule has 0 aromatic rings. The number of carbonyl (C=O) groups excluding carboxylic acids is 1. The van der Waals surface area contributed by atoms with Gasteiger partial charge in [-0.3, -0.25) is 4.79 Å². The van der Waals surface area contributed by atoms with E-state index >= 15 is 0 Å². The van der Waals surface area contributed by atoms with Crippen molar-refractivity contribution >= 4 is 5.91 Å². The van der Waals surface area contributed by atoms with Gasteiger partial charge in [-0.2, -0.15) is 0 Å². The minimum atomic E-state index is 0.176. The molecular weight excluding hydrogens is 176 g/mol. The maximum absolute atomic E-state index is 12.0. The zero-order valence-corrected chi connectivity index (χ0v) is 9.55. The van der Waals surface area contributed by atoms with E-state index in [1.807, 2.05) is 11.8 Å². The molecule has 0 bridgehead atoms. The largest absolute Gasteiger partial charge is 0.338 e. The van der Waals surface area contributed by atoms with Gasteiger partial charge in [-0.25, -0.2) is 0 Å². The quantitative estimate of drug-likeness (QED) is 0.737. The fraction of sp³-hybridized carbons (Fsp3) is 0.909. The van der Waals surface area contributed by atoms with Crippen LogP contribution in [0.3, 0.4) is 0 Å². The summed E-state index contributed by atoms with van der Waals surface area (Å²) in [6, 6.07) is 0.432. The van der Waals surface area contributed by atoms with Gasteiger partial charge in [-0.15, -0.1) is 0 Å². The third-order valence-corrected chi connectivity index (χ3v) is 3.13. The fourth-order valence-electron chi connectivity index (χ4n) is 1.96. The first kappa shape index (κ1) is 11.5. The molecule has 0 aromatic carbocycles. The molecule has 1 aliphatic rings. The summed E-state index contributed by atoms with van der Waals surface area (Å²) in [4.78, 5) is 14.0. The third-order valence-electron chi connectivity index (χ3n) is 3.13. The lowest BCUT2D eigenvalue weighted by Gasteiger charge is -2.29. The number of hydrogen-bond donors (Lipinski definition) is 1. The Morgan fingerprint density at radius 1 is 1.57 bits per heavy atom. The van der Waals surface area contributed by atoms with Crippen LogP contribution in [0.4, 0.5) is 0 Å². The average molecular weight is 198 g/mol. The van der Waals surface area contributed by atoms with Crippen LogP contribution in [0, 0.1) is 5.92 Å². The Morgan fingerprint density at radius 3 is 2.71 bits per heavy atom. The molecule has 1 heterocycles. The lowest BCUT2D eigenvalue weighted by Crippen LogP contribution is -2.43. The molecule has 14 heavy (non-hydrogen) atoms. The van der Waals surface area contributed by atoms with Crippen LogP contribution in [0.5, 0.6) is 0 Å². The molecule has 1 saturated heterocycles. The molecule has 0 aliphatic carbocycles. The normalized spacial score (nSPS) is 23.5. The molecule has 0 radical (unpaired) electrons. The summed E-state index contributed by atoms with van der Waals surface area (Å²) in [7, 11) is 0. The first-order valence-corrected chi connectivity index (χ1v) is 5.71. The van der Waals surface area contributed by atoms with Gasteiger partial charge in [-0.05, 0) is 26.3 Å². The zero-order chi connectivity index (χ0) is 10.6. The van der Waals surface area contributed by atoms with Crippen molar-refractivity contribution in [3.05, 3.63) is 0 Å². The lowest BCUT2D eigenvalue weighted by atomic mass is 10.1. The van der Waals surface area contributed by atoms with Gasteiger partial charge in [0.1, 0.15) is 0 Å². The van der Waals surface area contributed by atoms with Crippen LogP contribution in [-0.4, -0.2) is 36.5 Å². The van der Waals surface area contributed by atoms with E-state index < -0.39 is 0 Å². The highest BCUT2D eigenvalue weighted by Gasteiger charge is 2.27. The molecule has 2 atom stereocenters. The highest BCUT2D eigenvalue weighted by atomic mass is 16.2. The first-order chi connectivity index (χ1) is 6.70. The van der Waals surface area contributed by atoms with E-state index in [4.69, 9.17) is 0 Å². The molecule has 2 unspecified atom stereocenters. The monoisotopic (exact) mass is 198 g/mol. The van der Waals surface area contributed by atoms with E-state index in [1.165, 1.54) is 0 Å². The number of carbonyl (C=O) groups is 1. The molecule has 82 valence electrons. The number of hydrogen-bond acceptors (Lipinski definition) is 2. The second-order valence-electron chi connectivity index (χ2n) is 4.08. The van der Waals surface area contributed by atoms with E-state index in [9.17, 15) is 4.79 Å². The summed E-state index contributed by atoms with van der Waals surface area (Å²) in [5.74, 6) is 0.499. The van der Waals surface area contributed by atoms with Crippen molar-refractivity contribution in [1.82, 2.24) is 10.2 Å². The minimum Gasteiger partial charge on any atom is -0.338 e. The van der Waals surface area contributed by atoms with Crippen molar-refractivity contribution in [2.75, 3.05) is 19.6 Å². The molecule has 3 heteroatoms. The standard InChI is InChI=1S/C11H22N2O/c1-4-9(3)11(14)13(5-2)10-6-7-12-8-10/h9-10,12H,4-8H2,1-3H3. The summed E-state index contributed by atoms with van der Waals surface area (Å²) in [5, 5.41) is 3.31. The van der Waals surface area contributed by atoms with Gasteiger partial charge >= 0.3 is 0 Å². The Kier molecular flexibility index (Phi) is 4.39. The van der Waals surface area contributed by atoms with Crippen LogP contribution in [0.15, 0.2) is 0 Å². The van der Waals surface area contributed by atoms with Crippen molar-refractivity contribution in [3.63, 3.8) is 0 Å². The topological polar surface area (TPSA) is 32.3 Å². The molecule has 1 aliphatic heterocycles. The molecule has 3 nitrogen and oxygen atoms in total. The molecule has 0 aromatic heterocycles.